The number of nitrogens with one attached hydrogen (secondary N) is 1. The summed E-state index contributed by atoms with van der Waals surface area (Å²) in [6, 6.07) is 6.64. The van der Waals surface area contributed by atoms with Crippen LogP contribution in [0.1, 0.15) is 40.1 Å². The first-order valence-corrected chi connectivity index (χ1v) is 7.93. The van der Waals surface area contributed by atoms with E-state index < -0.39 is 10.9 Å². The van der Waals surface area contributed by atoms with Crippen LogP contribution in [-0.2, 0) is 6.42 Å². The van der Waals surface area contributed by atoms with E-state index >= 15 is 0 Å². The summed E-state index contributed by atoms with van der Waals surface area (Å²) in [6.45, 7) is 4.67. The standard InChI is InChI=1S/C18H18N2O4/c1-10(2)9-19-14-13(15(21)16(14)22)7-8-20-17(23)11-5-3-4-6-12(11)18(20)24/h3-6,10,19H,7-9H2,1-2H3. The van der Waals surface area contributed by atoms with Gasteiger partial charge in [0.15, 0.2) is 0 Å². The molecule has 0 spiro atoms. The largest absolute Gasteiger partial charge is 0.381 e. The highest BCUT2D eigenvalue weighted by molar-refractivity contribution is 6.21. The van der Waals surface area contributed by atoms with E-state index in [9.17, 15) is 19.2 Å². The van der Waals surface area contributed by atoms with Crippen LogP contribution in [0.4, 0.5) is 5.69 Å². The van der Waals surface area contributed by atoms with Crippen molar-refractivity contribution in [3.05, 3.63) is 61.4 Å². The minimum absolute atomic E-state index is 0.0908. The van der Waals surface area contributed by atoms with E-state index in [0.717, 1.165) is 4.90 Å². The summed E-state index contributed by atoms with van der Waals surface area (Å²) in [7, 11) is 0. The van der Waals surface area contributed by atoms with Crippen molar-refractivity contribution in [1.29, 1.82) is 0 Å². The predicted octanol–water partition coefficient (Wildman–Crippen LogP) is 1.19. The summed E-state index contributed by atoms with van der Waals surface area (Å²) in [5.74, 6) is -0.379. The topological polar surface area (TPSA) is 83.6 Å². The molecule has 0 atom stereocenters. The number of carbonyl (C=O) groups excluding carboxylic acids is 2. The maximum atomic E-state index is 12.3. The van der Waals surface area contributed by atoms with Gasteiger partial charge in [-0.15, -0.1) is 0 Å². The number of carbonyl (C=O) groups is 2. The number of anilines is 1. The molecule has 2 aromatic rings. The van der Waals surface area contributed by atoms with Gasteiger partial charge < -0.3 is 5.32 Å². The number of imide groups is 1. The smallest absolute Gasteiger partial charge is 0.261 e. The first kappa shape index (κ1) is 16.1. The van der Waals surface area contributed by atoms with Gasteiger partial charge in [0.25, 0.3) is 11.8 Å². The lowest BCUT2D eigenvalue weighted by atomic mass is 10.0. The maximum Gasteiger partial charge on any atom is 0.261 e. The lowest BCUT2D eigenvalue weighted by Gasteiger charge is -2.17. The van der Waals surface area contributed by atoms with Crippen LogP contribution in [0.5, 0.6) is 0 Å². The number of benzene rings is 1. The number of nitrogens with zero attached hydrogens (tertiary/aromatic N) is 1. The van der Waals surface area contributed by atoms with Gasteiger partial charge in [-0.1, -0.05) is 26.0 Å². The Morgan fingerprint density at radius 2 is 1.54 bits per heavy atom. The summed E-state index contributed by atoms with van der Waals surface area (Å²) in [5.41, 5.74) is 0.407. The first-order valence-electron chi connectivity index (χ1n) is 7.93. The molecule has 1 heterocycles. The van der Waals surface area contributed by atoms with Crippen LogP contribution in [0.3, 0.4) is 0 Å². The first-order chi connectivity index (χ1) is 11.4. The zero-order chi connectivity index (χ0) is 17.4. The number of rotatable bonds is 6. The second-order valence-corrected chi connectivity index (χ2v) is 6.34. The van der Waals surface area contributed by atoms with Crippen molar-refractivity contribution in [2.45, 2.75) is 20.3 Å². The Morgan fingerprint density at radius 3 is 2.08 bits per heavy atom. The molecule has 0 radical (unpaired) electrons. The van der Waals surface area contributed by atoms with E-state index in [1.54, 1.807) is 24.3 Å². The summed E-state index contributed by atoms with van der Waals surface area (Å²) >= 11 is 0. The van der Waals surface area contributed by atoms with Gasteiger partial charge in [0.05, 0.1) is 16.8 Å². The minimum Gasteiger partial charge on any atom is -0.381 e. The molecule has 0 saturated carbocycles. The van der Waals surface area contributed by atoms with Gasteiger partial charge >= 0.3 is 0 Å². The molecular weight excluding hydrogens is 308 g/mol. The van der Waals surface area contributed by atoms with Crippen LogP contribution in [-0.4, -0.2) is 29.8 Å². The molecule has 6 nitrogen and oxygen atoms in total. The number of hydrogen-bond acceptors (Lipinski definition) is 5. The van der Waals surface area contributed by atoms with E-state index in [2.05, 4.69) is 5.32 Å². The minimum atomic E-state index is -0.530. The molecule has 124 valence electrons. The Morgan fingerprint density at radius 1 is 0.958 bits per heavy atom. The summed E-state index contributed by atoms with van der Waals surface area (Å²) in [6.07, 6.45) is 0.191. The third-order valence-corrected chi connectivity index (χ3v) is 4.16. The average molecular weight is 326 g/mol. The van der Waals surface area contributed by atoms with Crippen molar-refractivity contribution in [3.63, 3.8) is 0 Å². The zero-order valence-corrected chi connectivity index (χ0v) is 13.6. The predicted molar refractivity (Wildman–Crippen MR) is 90.2 cm³/mol. The molecule has 0 fully saturated rings. The number of amides is 2. The summed E-state index contributed by atoms with van der Waals surface area (Å²) in [5, 5.41) is 2.98. The van der Waals surface area contributed by atoms with Crippen molar-refractivity contribution in [3.8, 4) is 0 Å². The van der Waals surface area contributed by atoms with Crippen molar-refractivity contribution in [1.82, 2.24) is 4.90 Å². The van der Waals surface area contributed by atoms with Gasteiger partial charge in [0.2, 0.25) is 10.9 Å². The van der Waals surface area contributed by atoms with Gasteiger partial charge in [0.1, 0.15) is 0 Å². The molecule has 1 aliphatic rings. The van der Waals surface area contributed by atoms with Gasteiger partial charge in [-0.25, -0.2) is 0 Å². The van der Waals surface area contributed by atoms with E-state index in [1.807, 2.05) is 13.8 Å². The monoisotopic (exact) mass is 326 g/mol. The molecule has 24 heavy (non-hydrogen) atoms. The molecule has 3 rings (SSSR count). The van der Waals surface area contributed by atoms with E-state index in [1.165, 1.54) is 0 Å². The molecule has 0 unspecified atom stereocenters. The molecule has 0 bridgehead atoms. The molecule has 1 N–H and O–H groups in total. The van der Waals surface area contributed by atoms with Gasteiger partial charge in [-0.05, 0) is 24.5 Å². The molecule has 2 aromatic carbocycles. The van der Waals surface area contributed by atoms with Crippen molar-refractivity contribution < 1.29 is 9.59 Å². The van der Waals surface area contributed by atoms with Crippen LogP contribution < -0.4 is 16.2 Å². The average Bonchev–Trinajstić information content (AvgIpc) is 2.81. The van der Waals surface area contributed by atoms with Crippen LogP contribution in [0.15, 0.2) is 33.9 Å². The molecule has 6 heteroatoms. The fourth-order valence-corrected chi connectivity index (χ4v) is 2.84. The molecule has 2 amide bonds. The summed E-state index contributed by atoms with van der Waals surface area (Å²) in [4.78, 5) is 49.2. The highest BCUT2D eigenvalue weighted by Crippen LogP contribution is 2.23. The van der Waals surface area contributed by atoms with E-state index in [0.29, 0.717) is 34.8 Å². The lowest BCUT2D eigenvalue weighted by molar-refractivity contribution is 0.0656. The fraction of sp³-hybridized carbons (Fsp3) is 0.333. The maximum absolute atomic E-state index is 12.3. The van der Waals surface area contributed by atoms with Crippen LogP contribution in [0.2, 0.25) is 0 Å². The van der Waals surface area contributed by atoms with Gasteiger partial charge in [0, 0.05) is 18.7 Å². The molecule has 0 saturated heterocycles. The Kier molecular flexibility index (Phi) is 4.05. The van der Waals surface area contributed by atoms with Crippen LogP contribution >= 0.6 is 0 Å². The Hall–Kier alpha value is -2.76. The van der Waals surface area contributed by atoms with Crippen LogP contribution in [0.25, 0.3) is 0 Å². The lowest BCUT2D eigenvalue weighted by Crippen LogP contribution is -2.41. The number of hydrogen-bond donors (Lipinski definition) is 1. The Bertz CT molecular complexity index is 856. The summed E-state index contributed by atoms with van der Waals surface area (Å²) < 4.78 is 0. The normalized spacial score (nSPS) is 13.9. The Labute approximate surface area is 138 Å². The zero-order valence-electron chi connectivity index (χ0n) is 13.6. The fourth-order valence-electron chi connectivity index (χ4n) is 2.84. The second kappa shape index (κ2) is 6.03. The molecule has 0 aliphatic carbocycles. The highest BCUT2D eigenvalue weighted by atomic mass is 16.2. The third kappa shape index (κ3) is 2.54. The molecular formula is C18H18N2O4. The van der Waals surface area contributed by atoms with E-state index in [4.69, 9.17) is 0 Å². The van der Waals surface area contributed by atoms with Crippen molar-refractivity contribution in [2.75, 3.05) is 18.4 Å². The van der Waals surface area contributed by atoms with Gasteiger partial charge in [-0.2, -0.15) is 0 Å². The quantitative estimate of drug-likeness (QED) is 0.637. The molecule has 0 aromatic heterocycles. The highest BCUT2D eigenvalue weighted by Gasteiger charge is 2.35. The van der Waals surface area contributed by atoms with Crippen molar-refractivity contribution in [2.24, 2.45) is 5.92 Å². The Balaban J connectivity index is 1.73. The van der Waals surface area contributed by atoms with Crippen molar-refractivity contribution >= 4 is 17.5 Å². The molecule has 1 aliphatic heterocycles. The number of fused-ring (bicyclic) bond motifs is 1. The van der Waals surface area contributed by atoms with E-state index in [-0.39, 0.29) is 24.8 Å². The second-order valence-electron chi connectivity index (χ2n) is 6.34. The van der Waals surface area contributed by atoms with Gasteiger partial charge in [-0.3, -0.25) is 24.1 Å². The third-order valence-electron chi connectivity index (χ3n) is 4.16. The van der Waals surface area contributed by atoms with Crippen LogP contribution in [0, 0.1) is 5.92 Å². The SMILES string of the molecule is CC(C)CNc1c(CCN2C(=O)c3ccccc3C2=O)c(=O)c1=O.